The third-order valence-corrected chi connectivity index (χ3v) is 4.39. The molecule has 2 aromatic heterocycles. The highest BCUT2D eigenvalue weighted by Crippen LogP contribution is 2.35. The minimum atomic E-state index is -1.27. The fourth-order valence-corrected chi connectivity index (χ4v) is 3.19. The van der Waals surface area contributed by atoms with E-state index in [1.807, 2.05) is 0 Å². The molecule has 1 aliphatic rings. The van der Waals surface area contributed by atoms with Crippen molar-refractivity contribution in [2.24, 2.45) is 0 Å². The Hall–Kier alpha value is -2.02. The summed E-state index contributed by atoms with van der Waals surface area (Å²) in [5, 5.41) is 19.7. The lowest BCUT2D eigenvalue weighted by molar-refractivity contribution is -0.158. The van der Waals surface area contributed by atoms with Crippen LogP contribution in [0.25, 0.3) is 11.2 Å². The van der Waals surface area contributed by atoms with Crippen LogP contribution in [0.2, 0.25) is 0 Å². The van der Waals surface area contributed by atoms with Gasteiger partial charge in [-0.1, -0.05) is 6.92 Å². The van der Waals surface area contributed by atoms with E-state index in [1.165, 1.54) is 4.57 Å². The van der Waals surface area contributed by atoms with Gasteiger partial charge in [-0.15, -0.1) is 0 Å². The molecule has 2 aromatic rings. The number of carbonyl (C=O) groups is 1. The molecule has 0 saturated carbocycles. The van der Waals surface area contributed by atoms with Crippen LogP contribution in [-0.4, -0.2) is 60.6 Å². The normalized spacial score (nSPS) is 26.2. The number of ether oxygens (including phenoxy) is 2. The molecule has 0 bridgehead atoms. The van der Waals surface area contributed by atoms with E-state index in [9.17, 15) is 19.8 Å². The van der Waals surface area contributed by atoms with Gasteiger partial charge in [-0.25, -0.2) is 4.98 Å². The lowest BCUT2D eigenvalue weighted by atomic mass is 10.1. The monoisotopic (exact) mass is 417 g/mol. The van der Waals surface area contributed by atoms with Crippen molar-refractivity contribution < 1.29 is 24.5 Å². The van der Waals surface area contributed by atoms with Crippen LogP contribution in [0.3, 0.4) is 0 Å². The number of carbonyl (C=O) groups excluding carboxylic acids is 1. The van der Waals surface area contributed by atoms with Crippen LogP contribution in [0.5, 0.6) is 0 Å². The lowest BCUT2D eigenvalue weighted by Crippen LogP contribution is -2.37. The topological polar surface area (TPSA) is 166 Å². The van der Waals surface area contributed by atoms with Crippen molar-refractivity contribution in [2.75, 3.05) is 12.3 Å². The van der Waals surface area contributed by atoms with Crippen molar-refractivity contribution in [3.05, 3.63) is 15.1 Å². The Morgan fingerprint density at radius 3 is 2.88 bits per heavy atom. The highest BCUT2D eigenvalue weighted by atomic mass is 79.9. The number of aromatic amines is 1. The standard InChI is InChI=1S/C13H16BrN5O6/c1-2-5(21)25-8-7(22)4(3-20)24-11(8)19-9-6(16-12(19)14)10(23)18-13(15)17-9/h4,7-8,11,20,22H,2-3H2,1H3,(H3,15,17,18,23)/t4-,7-,8-,11-/m1/s1. The maximum Gasteiger partial charge on any atom is 0.306 e. The second kappa shape index (κ2) is 6.71. The van der Waals surface area contributed by atoms with Gasteiger partial charge in [0.05, 0.1) is 6.61 Å². The summed E-state index contributed by atoms with van der Waals surface area (Å²) in [7, 11) is 0. The van der Waals surface area contributed by atoms with Gasteiger partial charge in [-0.2, -0.15) is 4.98 Å². The molecule has 0 amide bonds. The number of fused-ring (bicyclic) bond motifs is 1. The van der Waals surface area contributed by atoms with E-state index in [1.54, 1.807) is 6.92 Å². The number of hydrogen-bond acceptors (Lipinski definition) is 9. The summed E-state index contributed by atoms with van der Waals surface area (Å²) >= 11 is 3.20. The Kier molecular flexibility index (Phi) is 4.77. The fourth-order valence-electron chi connectivity index (χ4n) is 2.64. The van der Waals surface area contributed by atoms with Crippen LogP contribution in [0.1, 0.15) is 19.6 Å². The number of anilines is 1. The summed E-state index contributed by atoms with van der Waals surface area (Å²) in [5.74, 6) is -0.687. The minimum absolute atomic E-state index is 0.00724. The number of hydrogen-bond donors (Lipinski definition) is 4. The molecule has 136 valence electrons. The molecule has 0 aromatic carbocycles. The average molecular weight is 418 g/mol. The summed E-state index contributed by atoms with van der Waals surface area (Å²) in [5.41, 5.74) is 5.10. The summed E-state index contributed by atoms with van der Waals surface area (Å²) in [6, 6.07) is 0. The van der Waals surface area contributed by atoms with Crippen LogP contribution in [-0.2, 0) is 14.3 Å². The van der Waals surface area contributed by atoms with Crippen LogP contribution < -0.4 is 11.3 Å². The predicted octanol–water partition coefficient (Wildman–Crippen LogP) is -0.963. The lowest BCUT2D eigenvalue weighted by Gasteiger charge is -2.22. The first-order chi connectivity index (χ1) is 11.9. The second-order valence-corrected chi connectivity index (χ2v) is 6.13. The number of nitrogen functional groups attached to an aromatic ring is 1. The SMILES string of the molecule is CCC(=O)O[C@@H]1[C@H](O)[C@@H](CO)O[C@H]1n1c(Br)nc2c(=O)[nH]c(N)nc21. The first kappa shape index (κ1) is 17.8. The van der Waals surface area contributed by atoms with Crippen molar-refractivity contribution >= 4 is 39.0 Å². The molecule has 0 spiro atoms. The molecule has 25 heavy (non-hydrogen) atoms. The smallest absolute Gasteiger partial charge is 0.306 e. The third-order valence-electron chi connectivity index (χ3n) is 3.83. The molecule has 4 atom stereocenters. The van der Waals surface area contributed by atoms with Gasteiger partial charge in [0.25, 0.3) is 5.56 Å². The zero-order valence-electron chi connectivity index (χ0n) is 13.0. The summed E-state index contributed by atoms with van der Waals surface area (Å²) in [4.78, 5) is 34.1. The van der Waals surface area contributed by atoms with Gasteiger partial charge >= 0.3 is 5.97 Å². The number of rotatable bonds is 4. The second-order valence-electron chi connectivity index (χ2n) is 5.42. The molecule has 0 unspecified atom stereocenters. The zero-order valence-corrected chi connectivity index (χ0v) is 14.6. The number of aromatic nitrogens is 4. The van der Waals surface area contributed by atoms with Crippen molar-refractivity contribution in [3.8, 4) is 0 Å². The molecule has 11 nitrogen and oxygen atoms in total. The molecule has 12 heteroatoms. The van der Waals surface area contributed by atoms with Gasteiger partial charge in [0, 0.05) is 6.42 Å². The Bertz CT molecular complexity index is 866. The third kappa shape index (κ3) is 3.01. The molecule has 0 radical (unpaired) electrons. The summed E-state index contributed by atoms with van der Waals surface area (Å²) < 4.78 is 12.4. The Morgan fingerprint density at radius 1 is 1.52 bits per heavy atom. The maximum atomic E-state index is 12.0. The number of nitrogens with one attached hydrogen (secondary N) is 1. The van der Waals surface area contributed by atoms with Gasteiger partial charge in [0.1, 0.15) is 12.2 Å². The van der Waals surface area contributed by atoms with Crippen molar-refractivity contribution in [1.82, 2.24) is 19.5 Å². The zero-order chi connectivity index (χ0) is 18.3. The number of nitrogens with two attached hydrogens (primary N) is 1. The first-order valence-electron chi connectivity index (χ1n) is 7.44. The van der Waals surface area contributed by atoms with Gasteiger partial charge in [0.2, 0.25) is 5.95 Å². The van der Waals surface area contributed by atoms with Crippen LogP contribution in [0, 0.1) is 0 Å². The number of halogens is 1. The van der Waals surface area contributed by atoms with E-state index in [2.05, 4.69) is 30.9 Å². The number of aliphatic hydroxyl groups excluding tert-OH is 2. The molecule has 0 aliphatic carbocycles. The first-order valence-corrected chi connectivity index (χ1v) is 8.23. The van der Waals surface area contributed by atoms with E-state index in [0.29, 0.717) is 0 Å². The molecular formula is C13H16BrN5O6. The Balaban J connectivity index is 2.12. The van der Waals surface area contributed by atoms with E-state index in [0.717, 1.165) is 0 Å². The Labute approximate surface area is 148 Å². The number of esters is 1. The average Bonchev–Trinajstić information content (AvgIpc) is 3.05. The molecular weight excluding hydrogens is 402 g/mol. The largest absolute Gasteiger partial charge is 0.455 e. The van der Waals surface area contributed by atoms with Gasteiger partial charge in [-0.05, 0) is 15.9 Å². The Morgan fingerprint density at radius 2 is 2.24 bits per heavy atom. The molecule has 3 rings (SSSR count). The van der Waals surface area contributed by atoms with E-state index < -0.39 is 42.7 Å². The number of nitrogens with zero attached hydrogens (tertiary/aromatic N) is 3. The molecule has 1 aliphatic heterocycles. The van der Waals surface area contributed by atoms with Crippen LogP contribution in [0.4, 0.5) is 5.95 Å². The van der Waals surface area contributed by atoms with Crippen LogP contribution in [0.15, 0.2) is 9.53 Å². The number of imidazole rings is 1. The minimum Gasteiger partial charge on any atom is -0.455 e. The number of aliphatic hydroxyl groups is 2. The van der Waals surface area contributed by atoms with Gasteiger partial charge < -0.3 is 25.4 Å². The van der Waals surface area contributed by atoms with E-state index in [4.69, 9.17) is 15.2 Å². The fraction of sp³-hybridized carbons (Fsp3) is 0.538. The van der Waals surface area contributed by atoms with E-state index >= 15 is 0 Å². The summed E-state index contributed by atoms with van der Waals surface area (Å²) in [6.07, 6.45) is -4.34. The highest BCUT2D eigenvalue weighted by molar-refractivity contribution is 9.10. The van der Waals surface area contributed by atoms with Gasteiger partial charge in [-0.3, -0.25) is 19.1 Å². The predicted molar refractivity (Wildman–Crippen MR) is 87.4 cm³/mol. The quantitative estimate of drug-likeness (QED) is 0.361. The maximum absolute atomic E-state index is 12.0. The molecule has 5 N–H and O–H groups in total. The van der Waals surface area contributed by atoms with Crippen molar-refractivity contribution in [1.29, 1.82) is 0 Å². The molecule has 1 fully saturated rings. The van der Waals surface area contributed by atoms with Crippen LogP contribution >= 0.6 is 15.9 Å². The van der Waals surface area contributed by atoms with Crippen molar-refractivity contribution in [3.63, 3.8) is 0 Å². The summed E-state index contributed by atoms with van der Waals surface area (Å²) in [6.45, 7) is 1.12. The van der Waals surface area contributed by atoms with Crippen molar-refractivity contribution in [2.45, 2.75) is 37.9 Å². The highest BCUT2D eigenvalue weighted by Gasteiger charge is 2.48. The van der Waals surface area contributed by atoms with Gasteiger partial charge in [0.15, 0.2) is 28.2 Å². The number of H-pyrrole nitrogens is 1. The van der Waals surface area contributed by atoms with E-state index in [-0.39, 0.29) is 28.3 Å². The molecule has 3 heterocycles. The molecule has 1 saturated heterocycles.